The molecule has 0 aromatic heterocycles. The predicted octanol–water partition coefficient (Wildman–Crippen LogP) is 2.73. The number of para-hydroxylation sites is 2. The van der Waals surface area contributed by atoms with Crippen molar-refractivity contribution in [2.24, 2.45) is 0 Å². The second kappa shape index (κ2) is 8.03. The fourth-order valence-electron chi connectivity index (χ4n) is 3.35. The molecule has 0 bridgehead atoms. The number of carbonyl (C=O) groups excluding carboxylic acids is 1. The molecule has 1 unspecified atom stereocenters. The van der Waals surface area contributed by atoms with E-state index >= 15 is 0 Å². The van der Waals surface area contributed by atoms with Crippen LogP contribution in [0.25, 0.3) is 0 Å². The van der Waals surface area contributed by atoms with Crippen molar-refractivity contribution in [3.8, 4) is 5.75 Å². The molecule has 1 heterocycles. The molecule has 1 aliphatic rings. The Morgan fingerprint density at radius 3 is 2.20 bits per heavy atom. The van der Waals surface area contributed by atoms with E-state index in [0.717, 1.165) is 43.2 Å². The van der Waals surface area contributed by atoms with Gasteiger partial charge < -0.3 is 14.4 Å². The first kappa shape index (κ1) is 17.3. The van der Waals surface area contributed by atoms with E-state index in [1.165, 1.54) is 7.11 Å². The van der Waals surface area contributed by atoms with E-state index in [-0.39, 0.29) is 12.0 Å². The van der Waals surface area contributed by atoms with Gasteiger partial charge in [0.2, 0.25) is 0 Å². The number of esters is 1. The SMILES string of the molecule is COC(=O)C(c1ccccc1)N1CCN(c2ccccc2OC)CC1. The fraction of sp³-hybridized carbons (Fsp3) is 0.350. The first-order chi connectivity index (χ1) is 12.2. The van der Waals surface area contributed by atoms with Gasteiger partial charge in [-0.1, -0.05) is 42.5 Å². The Morgan fingerprint density at radius 1 is 0.920 bits per heavy atom. The summed E-state index contributed by atoms with van der Waals surface area (Å²) in [6, 6.07) is 17.5. The number of hydrogen-bond donors (Lipinski definition) is 0. The Kier molecular flexibility index (Phi) is 5.56. The zero-order valence-electron chi connectivity index (χ0n) is 14.7. The fourth-order valence-corrected chi connectivity index (χ4v) is 3.35. The van der Waals surface area contributed by atoms with Gasteiger partial charge in [0.25, 0.3) is 0 Å². The molecule has 0 N–H and O–H groups in total. The van der Waals surface area contributed by atoms with Crippen LogP contribution < -0.4 is 9.64 Å². The number of hydrogen-bond acceptors (Lipinski definition) is 5. The molecular weight excluding hydrogens is 316 g/mol. The minimum atomic E-state index is -0.356. The lowest BCUT2D eigenvalue weighted by molar-refractivity contribution is -0.147. The molecular formula is C20H24N2O3. The molecule has 132 valence electrons. The number of benzene rings is 2. The number of methoxy groups -OCH3 is 2. The third-order valence-electron chi connectivity index (χ3n) is 4.65. The molecule has 2 aromatic rings. The molecule has 0 radical (unpaired) electrons. The summed E-state index contributed by atoms with van der Waals surface area (Å²) < 4.78 is 10.5. The minimum Gasteiger partial charge on any atom is -0.495 e. The summed E-state index contributed by atoms with van der Waals surface area (Å²) in [5.74, 6) is 0.667. The van der Waals surface area contributed by atoms with Gasteiger partial charge in [0, 0.05) is 26.2 Å². The molecule has 1 atom stereocenters. The average molecular weight is 340 g/mol. The first-order valence-electron chi connectivity index (χ1n) is 8.49. The smallest absolute Gasteiger partial charge is 0.327 e. The van der Waals surface area contributed by atoms with Crippen molar-refractivity contribution in [2.45, 2.75) is 6.04 Å². The quantitative estimate of drug-likeness (QED) is 0.783. The highest BCUT2D eigenvalue weighted by atomic mass is 16.5. The van der Waals surface area contributed by atoms with E-state index < -0.39 is 0 Å². The van der Waals surface area contributed by atoms with Crippen LogP contribution in [0, 0.1) is 0 Å². The van der Waals surface area contributed by atoms with Crippen molar-refractivity contribution in [1.82, 2.24) is 4.90 Å². The van der Waals surface area contributed by atoms with Crippen molar-refractivity contribution in [3.05, 3.63) is 60.2 Å². The normalized spacial score (nSPS) is 16.3. The summed E-state index contributed by atoms with van der Waals surface area (Å²) in [7, 11) is 3.14. The van der Waals surface area contributed by atoms with Crippen molar-refractivity contribution >= 4 is 11.7 Å². The summed E-state index contributed by atoms with van der Waals surface area (Å²) in [6.45, 7) is 3.24. The number of anilines is 1. The Hall–Kier alpha value is -2.53. The van der Waals surface area contributed by atoms with Gasteiger partial charge in [-0.2, -0.15) is 0 Å². The monoisotopic (exact) mass is 340 g/mol. The van der Waals surface area contributed by atoms with Gasteiger partial charge in [-0.05, 0) is 17.7 Å². The molecule has 25 heavy (non-hydrogen) atoms. The van der Waals surface area contributed by atoms with E-state index in [0.29, 0.717) is 0 Å². The third-order valence-corrected chi connectivity index (χ3v) is 4.65. The lowest BCUT2D eigenvalue weighted by Crippen LogP contribution is -2.49. The van der Waals surface area contributed by atoms with Crippen molar-refractivity contribution < 1.29 is 14.3 Å². The largest absolute Gasteiger partial charge is 0.495 e. The van der Waals surface area contributed by atoms with Crippen molar-refractivity contribution in [3.63, 3.8) is 0 Å². The summed E-state index contributed by atoms with van der Waals surface area (Å²) in [4.78, 5) is 16.9. The topological polar surface area (TPSA) is 42.0 Å². The summed E-state index contributed by atoms with van der Waals surface area (Å²) in [5.41, 5.74) is 2.07. The molecule has 1 fully saturated rings. The van der Waals surface area contributed by atoms with Gasteiger partial charge in [0.1, 0.15) is 11.8 Å². The van der Waals surface area contributed by atoms with Crippen LogP contribution in [0.3, 0.4) is 0 Å². The van der Waals surface area contributed by atoms with Crippen LogP contribution in [0.1, 0.15) is 11.6 Å². The second-order valence-electron chi connectivity index (χ2n) is 6.03. The summed E-state index contributed by atoms with van der Waals surface area (Å²) >= 11 is 0. The van der Waals surface area contributed by atoms with E-state index in [1.54, 1.807) is 7.11 Å². The predicted molar refractivity (Wildman–Crippen MR) is 98.0 cm³/mol. The number of carbonyl (C=O) groups is 1. The summed E-state index contributed by atoms with van der Waals surface area (Å²) in [6.07, 6.45) is 0. The zero-order chi connectivity index (χ0) is 17.6. The molecule has 0 aliphatic carbocycles. The molecule has 0 amide bonds. The van der Waals surface area contributed by atoms with Gasteiger partial charge in [-0.3, -0.25) is 4.90 Å². The number of nitrogens with zero attached hydrogens (tertiary/aromatic N) is 2. The Morgan fingerprint density at radius 2 is 1.56 bits per heavy atom. The van der Waals surface area contributed by atoms with Crippen LogP contribution in [0.4, 0.5) is 5.69 Å². The van der Waals surface area contributed by atoms with Crippen molar-refractivity contribution in [2.75, 3.05) is 45.3 Å². The highest BCUT2D eigenvalue weighted by molar-refractivity contribution is 5.77. The minimum absolute atomic E-state index is 0.211. The van der Waals surface area contributed by atoms with E-state index in [1.807, 2.05) is 48.5 Å². The number of piperazine rings is 1. The van der Waals surface area contributed by atoms with E-state index in [4.69, 9.17) is 9.47 Å². The van der Waals surface area contributed by atoms with Crippen LogP contribution in [0.5, 0.6) is 5.75 Å². The molecule has 0 spiro atoms. The van der Waals surface area contributed by atoms with Gasteiger partial charge in [-0.15, -0.1) is 0 Å². The van der Waals surface area contributed by atoms with Gasteiger partial charge in [0.05, 0.1) is 19.9 Å². The second-order valence-corrected chi connectivity index (χ2v) is 6.03. The lowest BCUT2D eigenvalue weighted by atomic mass is 10.0. The zero-order valence-corrected chi connectivity index (χ0v) is 14.7. The van der Waals surface area contributed by atoms with E-state index in [2.05, 4.69) is 15.9 Å². The molecule has 5 heteroatoms. The molecule has 1 saturated heterocycles. The highest BCUT2D eigenvalue weighted by Gasteiger charge is 2.31. The third kappa shape index (κ3) is 3.77. The van der Waals surface area contributed by atoms with Crippen LogP contribution in [0.15, 0.2) is 54.6 Å². The number of ether oxygens (including phenoxy) is 2. The molecule has 1 aliphatic heterocycles. The number of rotatable bonds is 5. The Bertz CT molecular complexity index is 697. The van der Waals surface area contributed by atoms with Gasteiger partial charge in [0.15, 0.2) is 0 Å². The van der Waals surface area contributed by atoms with Gasteiger partial charge >= 0.3 is 5.97 Å². The maximum atomic E-state index is 12.4. The van der Waals surface area contributed by atoms with Crippen LogP contribution in [-0.4, -0.2) is 51.3 Å². The maximum Gasteiger partial charge on any atom is 0.327 e. The van der Waals surface area contributed by atoms with Gasteiger partial charge in [-0.25, -0.2) is 4.79 Å². The average Bonchev–Trinajstić information content (AvgIpc) is 2.69. The lowest BCUT2D eigenvalue weighted by Gasteiger charge is -2.39. The molecule has 5 nitrogen and oxygen atoms in total. The first-order valence-corrected chi connectivity index (χ1v) is 8.49. The Labute approximate surface area is 148 Å². The molecule has 0 saturated carbocycles. The van der Waals surface area contributed by atoms with Crippen molar-refractivity contribution in [1.29, 1.82) is 0 Å². The summed E-state index contributed by atoms with van der Waals surface area (Å²) in [5, 5.41) is 0. The molecule has 3 rings (SSSR count). The van der Waals surface area contributed by atoms with E-state index in [9.17, 15) is 4.79 Å². The maximum absolute atomic E-state index is 12.4. The highest BCUT2D eigenvalue weighted by Crippen LogP contribution is 2.30. The van der Waals surface area contributed by atoms with Crippen LogP contribution >= 0.6 is 0 Å². The standard InChI is InChI=1S/C20H24N2O3/c1-24-18-11-7-6-10-17(18)21-12-14-22(15-13-21)19(20(23)25-2)16-8-4-3-5-9-16/h3-11,19H,12-15H2,1-2H3. The van der Waals surface area contributed by atoms with Crippen LogP contribution in [-0.2, 0) is 9.53 Å². The molecule has 2 aromatic carbocycles. The van der Waals surface area contributed by atoms with Crippen LogP contribution in [0.2, 0.25) is 0 Å². The Balaban J connectivity index is 1.74.